The van der Waals surface area contributed by atoms with E-state index in [0.717, 1.165) is 16.5 Å². The molecule has 1 aliphatic carbocycles. The zero-order valence-corrected chi connectivity index (χ0v) is 13.2. The highest BCUT2D eigenvalue weighted by Crippen LogP contribution is 2.29. The Kier molecular flexibility index (Phi) is 5.03. The Morgan fingerprint density at radius 2 is 1.95 bits per heavy atom. The van der Waals surface area contributed by atoms with E-state index in [9.17, 15) is 4.79 Å². The Morgan fingerprint density at radius 1 is 1.26 bits per heavy atom. The first kappa shape index (κ1) is 14.6. The highest BCUT2D eigenvalue weighted by molar-refractivity contribution is 9.10. The Hall–Kier alpha value is -0.830. The number of hydrogen-bond donors (Lipinski definition) is 1. The van der Waals surface area contributed by atoms with E-state index < -0.39 is 0 Å². The molecule has 3 atom stereocenters. The van der Waals surface area contributed by atoms with Crippen LogP contribution in [0.25, 0.3) is 0 Å². The van der Waals surface area contributed by atoms with Gasteiger partial charge in [0, 0.05) is 10.5 Å². The van der Waals surface area contributed by atoms with Gasteiger partial charge in [-0.2, -0.15) is 0 Å². The Bertz CT molecular complexity index is 429. The molecule has 1 N–H and O–H groups in total. The molecule has 0 saturated heterocycles. The maximum atomic E-state index is 12.1. The predicted molar refractivity (Wildman–Crippen MR) is 82.0 cm³/mol. The lowest BCUT2D eigenvalue weighted by Crippen LogP contribution is -2.44. The second-order valence-electron chi connectivity index (χ2n) is 5.74. The first-order chi connectivity index (χ1) is 9.06. The lowest BCUT2D eigenvalue weighted by molar-refractivity contribution is -0.121. The van der Waals surface area contributed by atoms with Crippen molar-refractivity contribution in [2.75, 3.05) is 0 Å². The fourth-order valence-corrected chi connectivity index (χ4v) is 3.10. The minimum atomic E-state index is 0.147. The van der Waals surface area contributed by atoms with E-state index in [1.54, 1.807) is 0 Å². The van der Waals surface area contributed by atoms with Gasteiger partial charge in [0.15, 0.2) is 0 Å². The van der Waals surface area contributed by atoms with Crippen molar-refractivity contribution in [1.29, 1.82) is 0 Å². The maximum Gasteiger partial charge on any atom is 0.224 e. The quantitative estimate of drug-likeness (QED) is 0.897. The molecule has 1 saturated carbocycles. The van der Waals surface area contributed by atoms with Gasteiger partial charge >= 0.3 is 0 Å². The molecule has 0 spiro atoms. The SMILES string of the molecule is C[C@@H]1[C@@H](C)CCC[C@H]1NC(=O)Cc1ccc(Br)cc1. The highest BCUT2D eigenvalue weighted by atomic mass is 79.9. The average Bonchev–Trinajstić information content (AvgIpc) is 2.38. The summed E-state index contributed by atoms with van der Waals surface area (Å²) in [6.07, 6.45) is 4.12. The maximum absolute atomic E-state index is 12.1. The highest BCUT2D eigenvalue weighted by Gasteiger charge is 2.27. The van der Waals surface area contributed by atoms with Crippen LogP contribution in [0, 0.1) is 11.8 Å². The van der Waals surface area contributed by atoms with Crippen LogP contribution >= 0.6 is 15.9 Å². The smallest absolute Gasteiger partial charge is 0.224 e. The van der Waals surface area contributed by atoms with Crippen LogP contribution in [0.2, 0.25) is 0 Å². The van der Waals surface area contributed by atoms with Crippen molar-refractivity contribution in [1.82, 2.24) is 5.32 Å². The van der Waals surface area contributed by atoms with Crippen molar-refractivity contribution in [3.8, 4) is 0 Å². The first-order valence-corrected chi connectivity index (χ1v) is 7.89. The van der Waals surface area contributed by atoms with Crippen molar-refractivity contribution in [3.05, 3.63) is 34.3 Å². The van der Waals surface area contributed by atoms with Gasteiger partial charge in [0.1, 0.15) is 0 Å². The van der Waals surface area contributed by atoms with E-state index in [0.29, 0.717) is 24.3 Å². The summed E-state index contributed by atoms with van der Waals surface area (Å²) in [7, 11) is 0. The van der Waals surface area contributed by atoms with Gasteiger partial charge < -0.3 is 5.32 Å². The van der Waals surface area contributed by atoms with Crippen molar-refractivity contribution < 1.29 is 4.79 Å². The van der Waals surface area contributed by atoms with Gasteiger partial charge in [-0.3, -0.25) is 4.79 Å². The van der Waals surface area contributed by atoms with Crippen LogP contribution in [0.15, 0.2) is 28.7 Å². The Balaban J connectivity index is 1.88. The normalized spacial score (nSPS) is 27.0. The molecule has 0 heterocycles. The van der Waals surface area contributed by atoms with Gasteiger partial charge in [-0.25, -0.2) is 0 Å². The van der Waals surface area contributed by atoms with Gasteiger partial charge in [0.25, 0.3) is 0 Å². The predicted octanol–water partition coefficient (Wildman–Crippen LogP) is 3.93. The minimum Gasteiger partial charge on any atom is -0.353 e. The number of rotatable bonds is 3. The van der Waals surface area contributed by atoms with Gasteiger partial charge in [-0.05, 0) is 36.0 Å². The second kappa shape index (κ2) is 6.56. The molecule has 19 heavy (non-hydrogen) atoms. The fraction of sp³-hybridized carbons (Fsp3) is 0.562. The third-order valence-corrected chi connectivity index (χ3v) is 4.86. The molecule has 0 bridgehead atoms. The lowest BCUT2D eigenvalue weighted by Gasteiger charge is -2.34. The Morgan fingerprint density at radius 3 is 2.63 bits per heavy atom. The molecule has 0 aromatic heterocycles. The van der Waals surface area contributed by atoms with E-state index in [-0.39, 0.29) is 5.91 Å². The summed E-state index contributed by atoms with van der Waals surface area (Å²) in [6.45, 7) is 4.55. The molecule has 3 heteroatoms. The molecule has 0 radical (unpaired) electrons. The number of nitrogens with one attached hydrogen (secondary N) is 1. The molecule has 2 nitrogen and oxygen atoms in total. The van der Waals surface area contributed by atoms with Crippen LogP contribution in [0.3, 0.4) is 0 Å². The third kappa shape index (κ3) is 4.07. The number of hydrogen-bond acceptors (Lipinski definition) is 1. The number of carbonyl (C=O) groups excluding carboxylic acids is 1. The van der Waals surface area contributed by atoms with Gasteiger partial charge in [-0.1, -0.05) is 54.8 Å². The molecule has 1 aromatic carbocycles. The largest absolute Gasteiger partial charge is 0.353 e. The summed E-state index contributed by atoms with van der Waals surface area (Å²) in [4.78, 5) is 12.1. The van der Waals surface area contributed by atoms with E-state index in [4.69, 9.17) is 0 Å². The van der Waals surface area contributed by atoms with Crippen LogP contribution in [-0.2, 0) is 11.2 Å². The molecule has 2 rings (SSSR count). The summed E-state index contributed by atoms with van der Waals surface area (Å²) in [5.74, 6) is 1.45. The van der Waals surface area contributed by atoms with Crippen molar-refractivity contribution in [2.45, 2.75) is 45.6 Å². The van der Waals surface area contributed by atoms with Crippen molar-refractivity contribution in [3.63, 3.8) is 0 Å². The number of amides is 1. The van der Waals surface area contributed by atoms with E-state index in [1.165, 1.54) is 12.8 Å². The molecule has 1 aromatic rings. The summed E-state index contributed by atoms with van der Waals surface area (Å²) in [6, 6.07) is 8.31. The van der Waals surface area contributed by atoms with Crippen LogP contribution in [0.1, 0.15) is 38.7 Å². The molecular formula is C16H22BrNO. The number of benzene rings is 1. The van der Waals surface area contributed by atoms with E-state index in [2.05, 4.69) is 35.1 Å². The monoisotopic (exact) mass is 323 g/mol. The Labute approximate surface area is 124 Å². The van der Waals surface area contributed by atoms with Gasteiger partial charge in [0.2, 0.25) is 5.91 Å². The van der Waals surface area contributed by atoms with E-state index in [1.807, 2.05) is 24.3 Å². The lowest BCUT2D eigenvalue weighted by atomic mass is 9.78. The minimum absolute atomic E-state index is 0.147. The zero-order valence-electron chi connectivity index (χ0n) is 11.7. The molecule has 104 valence electrons. The third-order valence-electron chi connectivity index (χ3n) is 4.33. The summed E-state index contributed by atoms with van der Waals surface area (Å²) >= 11 is 3.41. The van der Waals surface area contributed by atoms with Crippen LogP contribution < -0.4 is 5.32 Å². The molecule has 0 unspecified atom stereocenters. The zero-order chi connectivity index (χ0) is 13.8. The first-order valence-electron chi connectivity index (χ1n) is 7.10. The molecule has 1 aliphatic rings. The van der Waals surface area contributed by atoms with Gasteiger partial charge in [-0.15, -0.1) is 0 Å². The second-order valence-corrected chi connectivity index (χ2v) is 6.66. The molecular weight excluding hydrogens is 302 g/mol. The molecule has 1 fully saturated rings. The van der Waals surface area contributed by atoms with Crippen molar-refractivity contribution >= 4 is 21.8 Å². The van der Waals surface area contributed by atoms with Gasteiger partial charge in [0.05, 0.1) is 6.42 Å². The van der Waals surface area contributed by atoms with Crippen LogP contribution in [0.5, 0.6) is 0 Å². The van der Waals surface area contributed by atoms with Crippen LogP contribution in [0.4, 0.5) is 0 Å². The number of carbonyl (C=O) groups is 1. The topological polar surface area (TPSA) is 29.1 Å². The molecule has 0 aliphatic heterocycles. The van der Waals surface area contributed by atoms with Crippen LogP contribution in [-0.4, -0.2) is 11.9 Å². The summed E-state index contributed by atoms with van der Waals surface area (Å²) < 4.78 is 1.05. The van der Waals surface area contributed by atoms with E-state index >= 15 is 0 Å². The average molecular weight is 324 g/mol. The summed E-state index contributed by atoms with van der Waals surface area (Å²) in [5, 5.41) is 3.21. The van der Waals surface area contributed by atoms with Crippen molar-refractivity contribution in [2.24, 2.45) is 11.8 Å². The molecule has 1 amide bonds. The number of halogens is 1. The fourth-order valence-electron chi connectivity index (χ4n) is 2.83. The summed E-state index contributed by atoms with van der Waals surface area (Å²) in [5.41, 5.74) is 1.07. The standard InChI is InChI=1S/C16H22BrNO/c1-11-4-3-5-15(12(11)2)18-16(19)10-13-6-8-14(17)9-7-13/h6-9,11-12,15H,3-5,10H2,1-2H3,(H,18,19)/t11-,12+,15+/m0/s1.